The Morgan fingerprint density at radius 3 is 2.45 bits per heavy atom. The molecule has 0 bridgehead atoms. The van der Waals surface area contributed by atoms with Crippen LogP contribution in [0.2, 0.25) is 0 Å². The van der Waals surface area contributed by atoms with Crippen molar-refractivity contribution in [2.45, 2.75) is 13.3 Å². The number of hydrogen-bond donors (Lipinski definition) is 2. The molecule has 2 rings (SSSR count). The average Bonchev–Trinajstić information content (AvgIpc) is 2.46. The molecule has 0 aliphatic carbocycles. The van der Waals surface area contributed by atoms with E-state index in [1.165, 1.54) is 0 Å². The molecule has 0 fully saturated rings. The lowest BCUT2D eigenvalue weighted by molar-refractivity contribution is 0.262. The number of hydrogen-bond acceptors (Lipinski definition) is 2. The molecule has 2 aromatic rings. The average molecular weight is 270 g/mol. The van der Waals surface area contributed by atoms with Gasteiger partial charge in [-0.05, 0) is 30.7 Å². The summed E-state index contributed by atoms with van der Waals surface area (Å²) >= 11 is 0. The number of nitrogens with one attached hydrogen (secondary N) is 2. The lowest BCUT2D eigenvalue weighted by atomic mass is 10.3. The molecule has 0 aliphatic heterocycles. The molecule has 2 N–H and O–H groups in total. The number of rotatable bonds is 5. The molecular formula is C16H18N2O2. The Balaban J connectivity index is 1.94. The van der Waals surface area contributed by atoms with Gasteiger partial charge in [-0.1, -0.05) is 31.2 Å². The monoisotopic (exact) mass is 270 g/mol. The van der Waals surface area contributed by atoms with Crippen LogP contribution in [0.15, 0.2) is 54.6 Å². The fourth-order valence-corrected chi connectivity index (χ4v) is 1.70. The molecule has 0 spiro atoms. The first-order valence-electron chi connectivity index (χ1n) is 6.64. The van der Waals surface area contributed by atoms with Crippen LogP contribution >= 0.6 is 0 Å². The summed E-state index contributed by atoms with van der Waals surface area (Å²) in [5, 5.41) is 5.54. The molecule has 4 nitrogen and oxygen atoms in total. The fraction of sp³-hybridized carbons (Fsp3) is 0.188. The zero-order valence-corrected chi connectivity index (χ0v) is 11.4. The van der Waals surface area contributed by atoms with E-state index in [4.69, 9.17) is 4.74 Å². The molecule has 0 aliphatic rings. The first kappa shape index (κ1) is 13.9. The van der Waals surface area contributed by atoms with Crippen molar-refractivity contribution in [3.05, 3.63) is 54.6 Å². The Kier molecular flexibility index (Phi) is 5.00. The van der Waals surface area contributed by atoms with Crippen molar-refractivity contribution in [3.8, 4) is 5.75 Å². The van der Waals surface area contributed by atoms with Gasteiger partial charge in [0.15, 0.2) is 0 Å². The van der Waals surface area contributed by atoms with E-state index in [9.17, 15) is 4.79 Å². The minimum Gasteiger partial charge on any atom is -0.494 e. The number of benzene rings is 2. The summed E-state index contributed by atoms with van der Waals surface area (Å²) in [7, 11) is 0. The van der Waals surface area contributed by atoms with Crippen LogP contribution in [0, 0.1) is 0 Å². The third-order valence-electron chi connectivity index (χ3n) is 2.60. The van der Waals surface area contributed by atoms with E-state index in [2.05, 4.69) is 17.6 Å². The van der Waals surface area contributed by atoms with Gasteiger partial charge >= 0.3 is 6.03 Å². The molecule has 4 heteroatoms. The Morgan fingerprint density at radius 1 is 1.00 bits per heavy atom. The first-order valence-corrected chi connectivity index (χ1v) is 6.64. The van der Waals surface area contributed by atoms with Gasteiger partial charge in [0.1, 0.15) is 5.75 Å². The lowest BCUT2D eigenvalue weighted by Crippen LogP contribution is -2.19. The molecule has 0 aromatic heterocycles. The number of para-hydroxylation sites is 1. The van der Waals surface area contributed by atoms with E-state index in [1.54, 1.807) is 6.07 Å². The highest BCUT2D eigenvalue weighted by atomic mass is 16.5. The molecule has 0 saturated carbocycles. The van der Waals surface area contributed by atoms with Crippen molar-refractivity contribution >= 4 is 17.4 Å². The number of amides is 2. The molecule has 20 heavy (non-hydrogen) atoms. The van der Waals surface area contributed by atoms with Crippen molar-refractivity contribution in [1.82, 2.24) is 0 Å². The molecule has 0 heterocycles. The highest BCUT2D eigenvalue weighted by Crippen LogP contribution is 2.18. The number of anilines is 2. The summed E-state index contributed by atoms with van der Waals surface area (Å²) in [6, 6.07) is 16.4. The lowest BCUT2D eigenvalue weighted by Gasteiger charge is -2.09. The number of carbonyl (C=O) groups is 1. The number of urea groups is 1. The first-order chi connectivity index (χ1) is 9.78. The normalized spacial score (nSPS) is 9.85. The third-order valence-corrected chi connectivity index (χ3v) is 2.60. The summed E-state index contributed by atoms with van der Waals surface area (Å²) in [4.78, 5) is 11.8. The molecule has 2 aromatic carbocycles. The minimum atomic E-state index is -0.274. The maximum absolute atomic E-state index is 11.8. The van der Waals surface area contributed by atoms with E-state index in [0.29, 0.717) is 12.3 Å². The standard InChI is InChI=1S/C16H18N2O2/c1-2-11-20-15-10-6-9-14(12-15)18-16(19)17-13-7-4-3-5-8-13/h3-10,12H,2,11H2,1H3,(H2,17,18,19). The number of carbonyl (C=O) groups excluding carboxylic acids is 1. The van der Waals surface area contributed by atoms with E-state index >= 15 is 0 Å². The SMILES string of the molecule is CCCOc1cccc(NC(=O)Nc2ccccc2)c1. The topological polar surface area (TPSA) is 50.4 Å². The second-order valence-corrected chi connectivity index (χ2v) is 4.32. The van der Waals surface area contributed by atoms with E-state index < -0.39 is 0 Å². The van der Waals surface area contributed by atoms with Crippen molar-refractivity contribution in [3.63, 3.8) is 0 Å². The van der Waals surface area contributed by atoms with Gasteiger partial charge < -0.3 is 15.4 Å². The predicted molar refractivity (Wildman–Crippen MR) is 81.3 cm³/mol. The van der Waals surface area contributed by atoms with Gasteiger partial charge in [0.05, 0.1) is 6.61 Å². The summed E-state index contributed by atoms with van der Waals surface area (Å²) in [5.74, 6) is 0.754. The Bertz CT molecular complexity index is 555. The van der Waals surface area contributed by atoms with Crippen LogP contribution in [-0.2, 0) is 0 Å². The molecule has 0 atom stereocenters. The zero-order chi connectivity index (χ0) is 14.2. The third kappa shape index (κ3) is 4.31. The highest BCUT2D eigenvalue weighted by Gasteiger charge is 2.03. The van der Waals surface area contributed by atoms with Crippen LogP contribution in [-0.4, -0.2) is 12.6 Å². The van der Waals surface area contributed by atoms with E-state index in [-0.39, 0.29) is 6.03 Å². The highest BCUT2D eigenvalue weighted by molar-refractivity contribution is 5.99. The van der Waals surface area contributed by atoms with Crippen LogP contribution in [0.1, 0.15) is 13.3 Å². The molecule has 104 valence electrons. The molecule has 0 radical (unpaired) electrons. The van der Waals surface area contributed by atoms with Crippen molar-refractivity contribution < 1.29 is 9.53 Å². The largest absolute Gasteiger partial charge is 0.494 e. The van der Waals surface area contributed by atoms with Crippen LogP contribution in [0.4, 0.5) is 16.2 Å². The Morgan fingerprint density at radius 2 is 1.70 bits per heavy atom. The van der Waals surface area contributed by atoms with Gasteiger partial charge in [-0.15, -0.1) is 0 Å². The maximum Gasteiger partial charge on any atom is 0.323 e. The van der Waals surface area contributed by atoms with Crippen LogP contribution in [0.3, 0.4) is 0 Å². The second kappa shape index (κ2) is 7.19. The van der Waals surface area contributed by atoms with Crippen LogP contribution in [0.5, 0.6) is 5.75 Å². The second-order valence-electron chi connectivity index (χ2n) is 4.32. The van der Waals surface area contributed by atoms with E-state index in [1.807, 2.05) is 48.5 Å². The van der Waals surface area contributed by atoms with Gasteiger partial charge in [0, 0.05) is 17.4 Å². The molecule has 2 amide bonds. The Hall–Kier alpha value is -2.49. The van der Waals surface area contributed by atoms with Crippen molar-refractivity contribution in [1.29, 1.82) is 0 Å². The van der Waals surface area contributed by atoms with Crippen LogP contribution in [0.25, 0.3) is 0 Å². The van der Waals surface area contributed by atoms with Gasteiger partial charge in [-0.3, -0.25) is 0 Å². The molecule has 0 unspecified atom stereocenters. The quantitative estimate of drug-likeness (QED) is 0.858. The van der Waals surface area contributed by atoms with Gasteiger partial charge in [0.25, 0.3) is 0 Å². The zero-order valence-electron chi connectivity index (χ0n) is 11.4. The van der Waals surface area contributed by atoms with Crippen LogP contribution < -0.4 is 15.4 Å². The summed E-state index contributed by atoms with van der Waals surface area (Å²) in [6.07, 6.45) is 0.951. The minimum absolute atomic E-state index is 0.274. The maximum atomic E-state index is 11.8. The van der Waals surface area contributed by atoms with Gasteiger partial charge in [-0.2, -0.15) is 0 Å². The summed E-state index contributed by atoms with van der Waals surface area (Å²) in [6.45, 7) is 2.72. The predicted octanol–water partition coefficient (Wildman–Crippen LogP) is 4.12. The number of ether oxygens (including phenoxy) is 1. The van der Waals surface area contributed by atoms with Gasteiger partial charge in [0.2, 0.25) is 0 Å². The Labute approximate surface area is 118 Å². The summed E-state index contributed by atoms with van der Waals surface area (Å²) in [5.41, 5.74) is 1.45. The fourth-order valence-electron chi connectivity index (χ4n) is 1.70. The molecule has 0 saturated heterocycles. The van der Waals surface area contributed by atoms with Crippen molar-refractivity contribution in [2.75, 3.05) is 17.2 Å². The summed E-state index contributed by atoms with van der Waals surface area (Å²) < 4.78 is 5.52. The van der Waals surface area contributed by atoms with Gasteiger partial charge in [-0.25, -0.2) is 4.79 Å². The molecular weight excluding hydrogens is 252 g/mol. The van der Waals surface area contributed by atoms with Crippen molar-refractivity contribution in [2.24, 2.45) is 0 Å². The van der Waals surface area contributed by atoms with E-state index in [0.717, 1.165) is 17.9 Å². The smallest absolute Gasteiger partial charge is 0.323 e.